The number of ether oxygens (including phenoxy) is 2. The Morgan fingerprint density at radius 3 is 1.79 bits per heavy atom. The maximum Gasteiger partial charge on any atom is 0.343 e. The van der Waals surface area contributed by atoms with Crippen molar-refractivity contribution in [1.29, 1.82) is 0 Å². The Bertz CT molecular complexity index is 994. The second kappa shape index (κ2) is 8.88. The molecule has 0 aromatic heterocycles. The molecule has 0 amide bonds. The standard InChI is InChI=1S/C22H17IO5/c1-14-3-12-20(15(2)13-14)27-22(25)17-4-8-18(9-5-17)26-21(24)16-6-10-19(28-23)11-7-16/h3-13H,1-2H3. The lowest BCUT2D eigenvalue weighted by Gasteiger charge is -2.09. The molecule has 5 nitrogen and oxygen atoms in total. The van der Waals surface area contributed by atoms with Crippen molar-refractivity contribution in [1.82, 2.24) is 0 Å². The zero-order chi connectivity index (χ0) is 20.1. The highest BCUT2D eigenvalue weighted by atomic mass is 127. The van der Waals surface area contributed by atoms with E-state index in [9.17, 15) is 9.59 Å². The van der Waals surface area contributed by atoms with Crippen LogP contribution < -0.4 is 12.5 Å². The third-order valence-electron chi connectivity index (χ3n) is 4.01. The lowest BCUT2D eigenvalue weighted by molar-refractivity contribution is 0.0729. The second-order valence-corrected chi connectivity index (χ2v) is 6.61. The van der Waals surface area contributed by atoms with Gasteiger partial charge in [-0.25, -0.2) is 9.59 Å². The summed E-state index contributed by atoms with van der Waals surface area (Å²) in [6.45, 7) is 3.86. The third kappa shape index (κ3) is 4.89. The topological polar surface area (TPSA) is 61.8 Å². The van der Waals surface area contributed by atoms with Crippen molar-refractivity contribution in [2.45, 2.75) is 13.8 Å². The maximum atomic E-state index is 12.3. The number of hydrogen-bond acceptors (Lipinski definition) is 5. The van der Waals surface area contributed by atoms with Crippen LogP contribution in [0.1, 0.15) is 31.8 Å². The fraction of sp³-hybridized carbons (Fsp3) is 0.0909. The molecule has 0 heterocycles. The predicted molar refractivity (Wildman–Crippen MR) is 113 cm³/mol. The minimum Gasteiger partial charge on any atom is -0.428 e. The van der Waals surface area contributed by atoms with E-state index < -0.39 is 11.9 Å². The molecule has 142 valence electrons. The van der Waals surface area contributed by atoms with Gasteiger partial charge in [-0.1, -0.05) is 17.7 Å². The molecule has 0 aliphatic rings. The van der Waals surface area contributed by atoms with Gasteiger partial charge in [-0.2, -0.15) is 0 Å². The van der Waals surface area contributed by atoms with Crippen molar-refractivity contribution in [2.24, 2.45) is 0 Å². The van der Waals surface area contributed by atoms with E-state index >= 15 is 0 Å². The summed E-state index contributed by atoms with van der Waals surface area (Å²) in [5.74, 6) is 0.529. The monoisotopic (exact) mass is 488 g/mol. The first-order valence-electron chi connectivity index (χ1n) is 8.46. The van der Waals surface area contributed by atoms with Gasteiger partial charge in [-0.05, 0) is 74.0 Å². The lowest BCUT2D eigenvalue weighted by atomic mass is 10.1. The maximum absolute atomic E-state index is 12.3. The number of benzene rings is 3. The quantitative estimate of drug-likeness (QED) is 0.271. The number of halogens is 1. The summed E-state index contributed by atoms with van der Waals surface area (Å²) >= 11 is 1.77. The molecule has 3 aromatic rings. The minimum absolute atomic E-state index is 0.335. The summed E-state index contributed by atoms with van der Waals surface area (Å²) in [5.41, 5.74) is 2.75. The van der Waals surface area contributed by atoms with E-state index in [2.05, 4.69) is 0 Å². The first kappa shape index (κ1) is 19.9. The Kier molecular flexibility index (Phi) is 6.30. The molecule has 3 aromatic carbocycles. The van der Waals surface area contributed by atoms with Gasteiger partial charge in [0.1, 0.15) is 17.2 Å². The number of rotatable bonds is 5. The number of aryl methyl sites for hydroxylation is 2. The molecular formula is C22H17IO5. The van der Waals surface area contributed by atoms with Crippen LogP contribution in [0.3, 0.4) is 0 Å². The second-order valence-electron chi connectivity index (χ2n) is 6.17. The van der Waals surface area contributed by atoms with Crippen LogP contribution in [0.25, 0.3) is 0 Å². The Labute approximate surface area is 176 Å². The molecule has 0 unspecified atom stereocenters. The fourth-order valence-electron chi connectivity index (χ4n) is 2.54. The molecular weight excluding hydrogens is 471 g/mol. The first-order chi connectivity index (χ1) is 13.5. The van der Waals surface area contributed by atoms with Gasteiger partial charge in [-0.15, -0.1) is 0 Å². The van der Waals surface area contributed by atoms with Crippen molar-refractivity contribution in [3.05, 3.63) is 89.0 Å². The van der Waals surface area contributed by atoms with Gasteiger partial charge in [0.2, 0.25) is 0 Å². The largest absolute Gasteiger partial charge is 0.428 e. The van der Waals surface area contributed by atoms with E-state index in [1.165, 1.54) is 0 Å². The number of hydrogen-bond donors (Lipinski definition) is 0. The summed E-state index contributed by atoms with van der Waals surface area (Å²) < 4.78 is 15.8. The Balaban J connectivity index is 1.65. The fourth-order valence-corrected chi connectivity index (χ4v) is 2.83. The van der Waals surface area contributed by atoms with E-state index in [-0.39, 0.29) is 0 Å². The highest BCUT2D eigenvalue weighted by molar-refractivity contribution is 14.1. The average molecular weight is 488 g/mol. The molecule has 0 fully saturated rings. The van der Waals surface area contributed by atoms with Crippen LogP contribution in [0.4, 0.5) is 0 Å². The normalized spacial score (nSPS) is 10.2. The van der Waals surface area contributed by atoms with Crippen molar-refractivity contribution in [3.63, 3.8) is 0 Å². The molecule has 0 N–H and O–H groups in total. The highest BCUT2D eigenvalue weighted by Gasteiger charge is 2.13. The predicted octanol–water partition coefficient (Wildman–Crippen LogP) is 5.47. The summed E-state index contributed by atoms with van der Waals surface area (Å²) in [7, 11) is 0. The molecule has 3 rings (SSSR count). The Hall–Kier alpha value is -2.87. The van der Waals surface area contributed by atoms with Gasteiger partial charge < -0.3 is 12.5 Å². The summed E-state index contributed by atoms with van der Waals surface area (Å²) in [6, 6.07) is 18.4. The zero-order valence-electron chi connectivity index (χ0n) is 15.3. The highest BCUT2D eigenvalue weighted by Crippen LogP contribution is 2.21. The Morgan fingerprint density at radius 2 is 1.25 bits per heavy atom. The van der Waals surface area contributed by atoms with Gasteiger partial charge in [0.15, 0.2) is 23.0 Å². The van der Waals surface area contributed by atoms with Crippen LogP contribution in [0.15, 0.2) is 66.7 Å². The van der Waals surface area contributed by atoms with Crippen molar-refractivity contribution < 1.29 is 22.1 Å². The van der Waals surface area contributed by atoms with Crippen LogP contribution in [-0.2, 0) is 0 Å². The molecule has 0 atom stereocenters. The molecule has 0 saturated carbocycles. The molecule has 0 aliphatic carbocycles. The average Bonchev–Trinajstić information content (AvgIpc) is 2.70. The zero-order valence-corrected chi connectivity index (χ0v) is 17.4. The van der Waals surface area contributed by atoms with Crippen molar-refractivity contribution >= 4 is 34.9 Å². The van der Waals surface area contributed by atoms with E-state index in [0.29, 0.717) is 28.4 Å². The van der Waals surface area contributed by atoms with Crippen LogP contribution in [0, 0.1) is 13.8 Å². The minimum atomic E-state index is -0.495. The van der Waals surface area contributed by atoms with E-state index in [1.54, 1.807) is 77.6 Å². The Morgan fingerprint density at radius 1 is 0.714 bits per heavy atom. The van der Waals surface area contributed by atoms with E-state index in [4.69, 9.17) is 12.5 Å². The van der Waals surface area contributed by atoms with Gasteiger partial charge in [-0.3, -0.25) is 0 Å². The lowest BCUT2D eigenvalue weighted by Crippen LogP contribution is -2.10. The van der Waals surface area contributed by atoms with Crippen molar-refractivity contribution in [3.8, 4) is 17.2 Å². The van der Waals surface area contributed by atoms with Crippen LogP contribution >= 0.6 is 23.0 Å². The molecule has 0 bridgehead atoms. The summed E-state index contributed by atoms with van der Waals surface area (Å²) in [5, 5.41) is 0. The molecule has 6 heteroatoms. The number of esters is 2. The van der Waals surface area contributed by atoms with Crippen LogP contribution in [0.2, 0.25) is 0 Å². The number of carbonyl (C=O) groups is 2. The van der Waals surface area contributed by atoms with Gasteiger partial charge >= 0.3 is 11.9 Å². The molecule has 0 spiro atoms. The van der Waals surface area contributed by atoms with Crippen LogP contribution in [0.5, 0.6) is 17.2 Å². The van der Waals surface area contributed by atoms with Crippen molar-refractivity contribution in [2.75, 3.05) is 0 Å². The SMILES string of the molecule is Cc1ccc(OC(=O)c2ccc(OC(=O)c3ccc(OI)cc3)cc2)c(C)c1. The van der Waals surface area contributed by atoms with E-state index in [0.717, 1.165) is 11.1 Å². The summed E-state index contributed by atoms with van der Waals surface area (Å²) in [4.78, 5) is 24.5. The molecule has 28 heavy (non-hydrogen) atoms. The smallest absolute Gasteiger partial charge is 0.343 e. The molecule has 0 radical (unpaired) electrons. The summed E-state index contributed by atoms with van der Waals surface area (Å²) in [6.07, 6.45) is 0. The molecule has 0 saturated heterocycles. The van der Waals surface area contributed by atoms with Crippen LogP contribution in [-0.4, -0.2) is 11.9 Å². The molecule has 0 aliphatic heterocycles. The van der Waals surface area contributed by atoms with Gasteiger partial charge in [0, 0.05) is 0 Å². The van der Waals surface area contributed by atoms with Gasteiger partial charge in [0.25, 0.3) is 0 Å². The first-order valence-corrected chi connectivity index (χ1v) is 9.34. The third-order valence-corrected chi connectivity index (χ3v) is 4.52. The van der Waals surface area contributed by atoms with Gasteiger partial charge in [0.05, 0.1) is 11.1 Å². The van der Waals surface area contributed by atoms with E-state index in [1.807, 2.05) is 26.0 Å². The number of carbonyl (C=O) groups excluding carboxylic acids is 2.